The van der Waals surface area contributed by atoms with E-state index in [9.17, 15) is 27.9 Å². The Labute approximate surface area is 181 Å². The summed E-state index contributed by atoms with van der Waals surface area (Å²) in [6.07, 6.45) is -0.365. The number of hydrogen-bond donors (Lipinski definition) is 2. The van der Waals surface area contributed by atoms with Crippen LogP contribution in [-0.2, 0) is 38.7 Å². The Morgan fingerprint density at radius 1 is 1.00 bits per heavy atom. The summed E-state index contributed by atoms with van der Waals surface area (Å²) in [6.45, 7) is 4.59. The van der Waals surface area contributed by atoms with Gasteiger partial charge in [0.25, 0.3) is 10.1 Å². The molecule has 2 N–H and O–H groups in total. The van der Waals surface area contributed by atoms with Gasteiger partial charge < -0.3 is 19.3 Å². The zero-order valence-electron chi connectivity index (χ0n) is 17.6. The highest BCUT2D eigenvalue weighted by atomic mass is 32.2. The maximum Gasteiger partial charge on any atom is 0.309 e. The summed E-state index contributed by atoms with van der Waals surface area (Å²) in [7, 11) is -4.07. The number of esters is 3. The molecule has 0 saturated carbocycles. The van der Waals surface area contributed by atoms with Gasteiger partial charge in [0.2, 0.25) is 0 Å². The molecular formula is C18H32O10S2. The molecule has 3 unspecified atom stereocenters. The van der Waals surface area contributed by atoms with Gasteiger partial charge in [0.05, 0.1) is 30.6 Å². The third-order valence-electron chi connectivity index (χ3n) is 3.88. The average molecular weight is 473 g/mol. The summed E-state index contributed by atoms with van der Waals surface area (Å²) in [5.74, 6) is -1.79. The first kappa shape index (κ1) is 28.6. The lowest BCUT2D eigenvalue weighted by Gasteiger charge is -2.14. The monoisotopic (exact) mass is 472 g/mol. The van der Waals surface area contributed by atoms with Crippen LogP contribution in [0.2, 0.25) is 0 Å². The Bertz CT molecular complexity index is 635. The molecule has 3 atom stereocenters. The predicted octanol–water partition coefficient (Wildman–Crippen LogP) is 1.06. The van der Waals surface area contributed by atoms with Crippen LogP contribution in [-0.4, -0.2) is 79.2 Å². The Kier molecular flexibility index (Phi) is 14.7. The molecule has 0 saturated heterocycles. The second-order valence-electron chi connectivity index (χ2n) is 6.81. The minimum absolute atomic E-state index is 0.0129. The molecule has 0 amide bonds. The van der Waals surface area contributed by atoms with Gasteiger partial charge in [-0.05, 0) is 12.8 Å². The molecule has 0 aliphatic heterocycles. The van der Waals surface area contributed by atoms with Crippen molar-refractivity contribution in [3.63, 3.8) is 0 Å². The van der Waals surface area contributed by atoms with Gasteiger partial charge in [0.15, 0.2) is 0 Å². The van der Waals surface area contributed by atoms with Gasteiger partial charge in [-0.15, -0.1) is 0 Å². The highest BCUT2D eigenvalue weighted by molar-refractivity contribution is 7.99. The molecule has 30 heavy (non-hydrogen) atoms. The number of carbonyl (C=O) groups is 3. The molecule has 0 fully saturated rings. The van der Waals surface area contributed by atoms with Gasteiger partial charge in [-0.25, -0.2) is 0 Å². The third-order valence-corrected chi connectivity index (χ3v) is 5.91. The van der Waals surface area contributed by atoms with Crippen LogP contribution in [0.5, 0.6) is 0 Å². The van der Waals surface area contributed by atoms with Crippen LogP contribution in [0.4, 0.5) is 0 Å². The second-order valence-corrected chi connectivity index (χ2v) is 9.53. The van der Waals surface area contributed by atoms with Crippen molar-refractivity contribution in [3.05, 3.63) is 0 Å². The smallest absolute Gasteiger partial charge is 0.309 e. The van der Waals surface area contributed by atoms with Crippen LogP contribution in [0.15, 0.2) is 0 Å². The largest absolute Gasteiger partial charge is 0.465 e. The molecule has 0 aromatic rings. The average Bonchev–Trinajstić information content (AvgIpc) is 2.69. The van der Waals surface area contributed by atoms with Crippen molar-refractivity contribution in [2.45, 2.75) is 46.1 Å². The van der Waals surface area contributed by atoms with Crippen LogP contribution in [0.25, 0.3) is 0 Å². The molecule has 0 aliphatic carbocycles. The lowest BCUT2D eigenvalue weighted by molar-refractivity contribution is -0.155. The Morgan fingerprint density at radius 3 is 2.20 bits per heavy atom. The summed E-state index contributed by atoms with van der Waals surface area (Å²) in [6, 6.07) is 0. The van der Waals surface area contributed by atoms with E-state index < -0.39 is 45.8 Å². The van der Waals surface area contributed by atoms with Crippen LogP contribution >= 0.6 is 11.8 Å². The van der Waals surface area contributed by atoms with Gasteiger partial charge >= 0.3 is 17.9 Å². The molecule has 0 aliphatic rings. The van der Waals surface area contributed by atoms with Gasteiger partial charge in [-0.2, -0.15) is 20.2 Å². The third kappa shape index (κ3) is 15.5. The van der Waals surface area contributed by atoms with E-state index in [1.54, 1.807) is 13.8 Å². The fourth-order valence-electron chi connectivity index (χ4n) is 1.84. The summed E-state index contributed by atoms with van der Waals surface area (Å²) >= 11 is 1.35. The molecular weight excluding hydrogens is 440 g/mol. The molecule has 12 heteroatoms. The highest BCUT2D eigenvalue weighted by Crippen LogP contribution is 2.12. The standard InChI is InChI=1S/C18H32O10S2/c1-4-13(2)17(21)28-11-15(19)10-27-16(20)6-8-29-12-14(3)18(22)26-7-5-9-30(23,24)25/h13-15,19H,4-12H2,1-3H3,(H,23,24,25). The van der Waals surface area contributed by atoms with E-state index in [4.69, 9.17) is 18.8 Å². The Hall–Kier alpha value is -1.37. The SMILES string of the molecule is CCC(C)C(=O)OCC(O)COC(=O)CCSCC(C)C(=O)OCCCS(=O)(=O)O. The fourth-order valence-corrected chi connectivity index (χ4v) is 3.29. The number of aliphatic hydroxyl groups excluding tert-OH is 1. The maximum atomic E-state index is 11.7. The minimum atomic E-state index is -4.07. The van der Waals surface area contributed by atoms with E-state index in [0.717, 1.165) is 0 Å². The highest BCUT2D eigenvalue weighted by Gasteiger charge is 2.17. The molecule has 0 aromatic heterocycles. The number of aliphatic hydroxyl groups is 1. The first-order valence-electron chi connectivity index (χ1n) is 9.66. The first-order valence-corrected chi connectivity index (χ1v) is 12.4. The molecule has 0 aromatic carbocycles. The molecule has 0 spiro atoms. The molecule has 10 nitrogen and oxygen atoms in total. The van der Waals surface area contributed by atoms with Crippen molar-refractivity contribution < 1.29 is 46.7 Å². The Morgan fingerprint density at radius 2 is 1.60 bits per heavy atom. The predicted molar refractivity (Wildman–Crippen MR) is 110 cm³/mol. The minimum Gasteiger partial charge on any atom is -0.465 e. The van der Waals surface area contributed by atoms with Gasteiger partial charge in [0, 0.05) is 11.5 Å². The number of thioether (sulfide) groups is 1. The summed E-state index contributed by atoms with van der Waals surface area (Å²) in [5.41, 5.74) is 0. The van der Waals surface area contributed by atoms with Gasteiger partial charge in [-0.3, -0.25) is 18.9 Å². The van der Waals surface area contributed by atoms with Crippen molar-refractivity contribution in [1.29, 1.82) is 0 Å². The van der Waals surface area contributed by atoms with E-state index in [2.05, 4.69) is 0 Å². The molecule has 176 valence electrons. The van der Waals surface area contributed by atoms with Crippen LogP contribution in [0, 0.1) is 11.8 Å². The maximum absolute atomic E-state index is 11.7. The van der Waals surface area contributed by atoms with Crippen LogP contribution in [0.1, 0.15) is 40.0 Å². The lowest BCUT2D eigenvalue weighted by atomic mass is 10.1. The zero-order valence-corrected chi connectivity index (χ0v) is 19.2. The van der Waals surface area contributed by atoms with Crippen LogP contribution in [0.3, 0.4) is 0 Å². The lowest BCUT2D eigenvalue weighted by Crippen LogP contribution is -2.27. The van der Waals surface area contributed by atoms with Gasteiger partial charge in [-0.1, -0.05) is 20.8 Å². The van der Waals surface area contributed by atoms with Crippen LogP contribution < -0.4 is 0 Å². The summed E-state index contributed by atoms with van der Waals surface area (Å²) in [5, 5.41) is 9.68. The van der Waals surface area contributed by atoms with E-state index >= 15 is 0 Å². The number of rotatable bonds is 16. The molecule has 0 radical (unpaired) electrons. The van der Waals surface area contributed by atoms with Crippen molar-refractivity contribution in [1.82, 2.24) is 0 Å². The molecule has 0 bridgehead atoms. The van der Waals surface area contributed by atoms with E-state index in [-0.39, 0.29) is 38.6 Å². The number of hydrogen-bond acceptors (Lipinski definition) is 10. The summed E-state index contributed by atoms with van der Waals surface area (Å²) in [4.78, 5) is 34.9. The number of carbonyl (C=O) groups excluding carboxylic acids is 3. The molecule has 0 rings (SSSR count). The Balaban J connectivity index is 3.82. The fraction of sp³-hybridized carbons (Fsp3) is 0.833. The van der Waals surface area contributed by atoms with E-state index in [1.165, 1.54) is 11.8 Å². The zero-order chi connectivity index (χ0) is 23.2. The topological polar surface area (TPSA) is 154 Å². The van der Waals surface area contributed by atoms with Crippen molar-refractivity contribution >= 4 is 39.8 Å². The van der Waals surface area contributed by atoms with E-state index in [0.29, 0.717) is 17.9 Å². The van der Waals surface area contributed by atoms with Crippen molar-refractivity contribution in [2.24, 2.45) is 11.8 Å². The quantitative estimate of drug-likeness (QED) is 0.143. The molecule has 0 heterocycles. The second kappa shape index (κ2) is 15.4. The first-order chi connectivity index (χ1) is 14.0. The van der Waals surface area contributed by atoms with Gasteiger partial charge in [0.1, 0.15) is 19.3 Å². The number of ether oxygens (including phenoxy) is 3. The van der Waals surface area contributed by atoms with Crippen molar-refractivity contribution in [2.75, 3.05) is 37.1 Å². The normalized spacial score (nSPS) is 14.4. The van der Waals surface area contributed by atoms with E-state index in [1.807, 2.05) is 6.92 Å². The summed E-state index contributed by atoms with van der Waals surface area (Å²) < 4.78 is 44.5. The van der Waals surface area contributed by atoms with Crippen molar-refractivity contribution in [3.8, 4) is 0 Å².